The summed E-state index contributed by atoms with van der Waals surface area (Å²) >= 11 is 0. The predicted octanol–water partition coefficient (Wildman–Crippen LogP) is 23.3. The molecule has 0 amide bonds. The van der Waals surface area contributed by atoms with E-state index >= 15 is 0 Å². The lowest BCUT2D eigenvalue weighted by Gasteiger charge is -2.36. The highest BCUT2D eigenvalue weighted by Crippen LogP contribution is 2.61. The maximum absolute atomic E-state index is 7.43. The van der Waals surface area contributed by atoms with Gasteiger partial charge in [0, 0.05) is 44.0 Å². The fourth-order valence-electron chi connectivity index (χ4n) is 15.7. The van der Waals surface area contributed by atoms with Crippen molar-refractivity contribution in [3.8, 4) is 11.1 Å². The average Bonchev–Trinajstić information content (AvgIpc) is 1.57. The summed E-state index contributed by atoms with van der Waals surface area (Å²) in [5.41, 5.74) is 24.6. The molecule has 13 aromatic rings. The van der Waals surface area contributed by atoms with Crippen LogP contribution in [0.4, 0.5) is 34.1 Å². The summed E-state index contributed by atoms with van der Waals surface area (Å²) in [7, 11) is 0. The number of fused-ring (bicyclic) bond motifs is 11. The lowest BCUT2D eigenvalue weighted by molar-refractivity contribution is 0.442. The SMILES string of the molecule is Cc1ccc(N(c2ccc3c(c2)C(c2ccccc2)(c2ccccc2)c2cc(N(c4ccc(C)c(C)c4)c4cccc5c4oc4c(C6CCCCC6)cccc45)c4ccccc4c2-3)c2cccc3c2oc2c(C4CCCCC4)cccc23)cc1C. The molecule has 3 aliphatic rings. The van der Waals surface area contributed by atoms with Gasteiger partial charge in [0.25, 0.3) is 0 Å². The van der Waals surface area contributed by atoms with E-state index in [-0.39, 0.29) is 0 Å². The Balaban J connectivity index is 0.973. The van der Waals surface area contributed by atoms with E-state index in [0.717, 1.165) is 67.2 Å². The van der Waals surface area contributed by atoms with E-state index in [1.54, 1.807) is 0 Å². The molecule has 0 bridgehead atoms. The fraction of sp³-hybridized carbons (Fsp3) is 0.210. The molecule has 0 unspecified atom stereocenters. The van der Waals surface area contributed by atoms with Crippen LogP contribution >= 0.6 is 0 Å². The van der Waals surface area contributed by atoms with Gasteiger partial charge in [-0.15, -0.1) is 0 Å². The third kappa shape index (κ3) is 8.15. The van der Waals surface area contributed by atoms with Gasteiger partial charge in [-0.05, 0) is 192 Å². The number of anilines is 6. The summed E-state index contributed by atoms with van der Waals surface area (Å²) in [6, 6.07) is 82.8. The van der Waals surface area contributed by atoms with E-state index in [1.807, 2.05) is 0 Å². The molecule has 4 nitrogen and oxygen atoms in total. The molecule has 85 heavy (non-hydrogen) atoms. The van der Waals surface area contributed by atoms with Crippen LogP contribution in [0.15, 0.2) is 227 Å². The van der Waals surface area contributed by atoms with Crippen LogP contribution in [0.2, 0.25) is 0 Å². The van der Waals surface area contributed by atoms with Gasteiger partial charge in [-0.3, -0.25) is 0 Å². The summed E-state index contributed by atoms with van der Waals surface area (Å²) in [5, 5.41) is 7.04. The van der Waals surface area contributed by atoms with Gasteiger partial charge in [-0.2, -0.15) is 0 Å². The van der Waals surface area contributed by atoms with Gasteiger partial charge in [0.15, 0.2) is 11.2 Å². The van der Waals surface area contributed by atoms with Crippen LogP contribution in [0.25, 0.3) is 65.8 Å². The van der Waals surface area contributed by atoms with Crippen LogP contribution in [0.1, 0.15) is 132 Å². The summed E-state index contributed by atoms with van der Waals surface area (Å²) in [6.07, 6.45) is 12.5. The van der Waals surface area contributed by atoms with E-state index < -0.39 is 5.41 Å². The van der Waals surface area contributed by atoms with Gasteiger partial charge in [0.05, 0.1) is 22.5 Å². The largest absolute Gasteiger partial charge is 0.454 e. The van der Waals surface area contributed by atoms with Crippen LogP contribution in [0.5, 0.6) is 0 Å². The maximum atomic E-state index is 7.43. The van der Waals surface area contributed by atoms with Crippen molar-refractivity contribution >= 4 is 88.8 Å². The molecule has 0 saturated heterocycles. The molecule has 2 aromatic heterocycles. The number of para-hydroxylation sites is 4. The number of hydrogen-bond donors (Lipinski definition) is 0. The molecule has 0 radical (unpaired) electrons. The Labute approximate surface area is 499 Å². The maximum Gasteiger partial charge on any atom is 0.159 e. The molecule has 2 heterocycles. The van der Waals surface area contributed by atoms with Crippen LogP contribution in [0, 0.1) is 27.7 Å². The molecule has 2 saturated carbocycles. The van der Waals surface area contributed by atoms with Crippen molar-refractivity contribution in [3.05, 3.63) is 274 Å². The Kier molecular flexibility index (Phi) is 12.5. The molecule has 0 N–H and O–H groups in total. The van der Waals surface area contributed by atoms with Crippen molar-refractivity contribution in [2.24, 2.45) is 0 Å². The first-order valence-corrected chi connectivity index (χ1v) is 31.3. The highest BCUT2D eigenvalue weighted by molar-refractivity contribution is 6.16. The molecule has 16 rings (SSSR count). The number of nitrogens with zero attached hydrogens (tertiary/aromatic N) is 2. The number of furan rings is 2. The van der Waals surface area contributed by atoms with Crippen LogP contribution in [-0.4, -0.2) is 0 Å². The Morgan fingerprint density at radius 3 is 1.29 bits per heavy atom. The standard InChI is InChI=1S/C81H70N2O2/c1-51-41-43-59(47-53(51)3)82(73-39-21-37-68-66-35-19-33-62(77(66)84-79(68)73)55-23-9-5-10-24-55)61-45-46-70-71(49-61)81(57-27-13-7-14-28-57,58-29-15-8-16-30-58)72-50-75(64-31-17-18-32-65(64)76(70)72)83(60-44-42-52(2)54(4)48-60)74-40-22-38-69-67-36-20-34-63(78(67)85-80(69)74)56-25-11-6-12-26-56/h7-8,13-22,27-50,55-56H,5-6,9-12,23-26H2,1-4H3. The number of hydrogen-bond acceptors (Lipinski definition) is 4. The fourth-order valence-corrected chi connectivity index (χ4v) is 15.7. The van der Waals surface area contributed by atoms with E-state index in [1.165, 1.54) is 153 Å². The second kappa shape index (κ2) is 20.6. The Morgan fingerprint density at radius 1 is 0.329 bits per heavy atom. The van der Waals surface area contributed by atoms with E-state index in [9.17, 15) is 0 Å². The minimum Gasteiger partial charge on any atom is -0.454 e. The molecule has 3 aliphatic carbocycles. The quantitative estimate of drug-likeness (QED) is 0.137. The molecular formula is C81H70N2O2. The van der Waals surface area contributed by atoms with Crippen molar-refractivity contribution < 1.29 is 8.83 Å². The molecule has 11 aromatic carbocycles. The minimum atomic E-state index is -0.772. The topological polar surface area (TPSA) is 32.8 Å². The first-order chi connectivity index (χ1) is 41.8. The highest BCUT2D eigenvalue weighted by atomic mass is 16.3. The smallest absolute Gasteiger partial charge is 0.159 e. The molecule has 0 atom stereocenters. The zero-order chi connectivity index (χ0) is 56.9. The Morgan fingerprint density at radius 2 is 0.765 bits per heavy atom. The minimum absolute atomic E-state index is 0.496. The van der Waals surface area contributed by atoms with Crippen molar-refractivity contribution in [2.45, 2.75) is 109 Å². The van der Waals surface area contributed by atoms with Crippen LogP contribution < -0.4 is 9.80 Å². The molecule has 2 fully saturated rings. The first-order valence-electron chi connectivity index (χ1n) is 31.3. The van der Waals surface area contributed by atoms with Crippen molar-refractivity contribution in [1.82, 2.24) is 0 Å². The normalized spacial score (nSPS) is 15.3. The average molecular weight is 1100 g/mol. The number of benzene rings is 11. The van der Waals surface area contributed by atoms with Crippen LogP contribution in [0.3, 0.4) is 0 Å². The zero-order valence-corrected chi connectivity index (χ0v) is 49.2. The van der Waals surface area contributed by atoms with Gasteiger partial charge in [0.1, 0.15) is 11.2 Å². The molecule has 0 spiro atoms. The molecule has 416 valence electrons. The second-order valence-corrected chi connectivity index (χ2v) is 24.9. The summed E-state index contributed by atoms with van der Waals surface area (Å²) < 4.78 is 14.8. The third-order valence-corrected chi connectivity index (χ3v) is 20.2. The van der Waals surface area contributed by atoms with Crippen molar-refractivity contribution in [2.75, 3.05) is 9.80 Å². The second-order valence-electron chi connectivity index (χ2n) is 24.9. The predicted molar refractivity (Wildman–Crippen MR) is 356 cm³/mol. The first kappa shape index (κ1) is 51.5. The Bertz CT molecular complexity index is 4700. The molecule has 0 aliphatic heterocycles. The highest BCUT2D eigenvalue weighted by Gasteiger charge is 2.48. The summed E-state index contributed by atoms with van der Waals surface area (Å²) in [5.74, 6) is 0.998. The van der Waals surface area contributed by atoms with Gasteiger partial charge in [-0.25, -0.2) is 0 Å². The third-order valence-electron chi connectivity index (χ3n) is 20.2. The van der Waals surface area contributed by atoms with Crippen LogP contribution in [-0.2, 0) is 5.41 Å². The van der Waals surface area contributed by atoms with Gasteiger partial charge in [-0.1, -0.05) is 202 Å². The monoisotopic (exact) mass is 1100 g/mol. The zero-order valence-electron chi connectivity index (χ0n) is 49.2. The lowest BCUT2D eigenvalue weighted by atomic mass is 9.67. The summed E-state index contributed by atoms with van der Waals surface area (Å²) in [6.45, 7) is 8.90. The molecule has 4 heteroatoms. The van der Waals surface area contributed by atoms with E-state index in [4.69, 9.17) is 8.83 Å². The van der Waals surface area contributed by atoms with Gasteiger partial charge >= 0.3 is 0 Å². The summed E-state index contributed by atoms with van der Waals surface area (Å²) in [4.78, 5) is 4.99. The molecular weight excluding hydrogens is 1030 g/mol. The van der Waals surface area contributed by atoms with Gasteiger partial charge in [0.2, 0.25) is 0 Å². The van der Waals surface area contributed by atoms with E-state index in [0.29, 0.717) is 11.8 Å². The number of rotatable bonds is 10. The van der Waals surface area contributed by atoms with Crippen molar-refractivity contribution in [3.63, 3.8) is 0 Å². The van der Waals surface area contributed by atoms with E-state index in [2.05, 4.69) is 256 Å². The lowest BCUT2D eigenvalue weighted by Crippen LogP contribution is -2.29. The number of aryl methyl sites for hydroxylation is 4. The Hall–Kier alpha value is -9.12. The van der Waals surface area contributed by atoms with Gasteiger partial charge < -0.3 is 18.6 Å². The van der Waals surface area contributed by atoms with Crippen molar-refractivity contribution in [1.29, 1.82) is 0 Å².